The first kappa shape index (κ1) is 24.4. The van der Waals surface area contributed by atoms with E-state index in [1.54, 1.807) is 38.1 Å². The minimum Gasteiger partial charge on any atom is -0.484 e. The second-order valence-corrected chi connectivity index (χ2v) is 7.77. The van der Waals surface area contributed by atoms with Gasteiger partial charge in [-0.25, -0.2) is 4.79 Å². The van der Waals surface area contributed by atoms with Crippen molar-refractivity contribution < 1.29 is 23.8 Å². The number of rotatable bonds is 7. The number of nitrogens with two attached hydrogens (primary N) is 1. The fraction of sp³-hybridized carbons (Fsp3) is 0.269. The highest BCUT2D eigenvalue weighted by Gasteiger charge is 2.36. The summed E-state index contributed by atoms with van der Waals surface area (Å²) in [7, 11) is 0. The Morgan fingerprint density at radius 2 is 1.85 bits per heavy atom. The van der Waals surface area contributed by atoms with Gasteiger partial charge in [0.15, 0.2) is 6.61 Å². The Kier molecular flexibility index (Phi) is 7.59. The Morgan fingerprint density at radius 3 is 2.50 bits per heavy atom. The zero-order valence-electron chi connectivity index (χ0n) is 19.6. The first-order valence-corrected chi connectivity index (χ1v) is 10.8. The van der Waals surface area contributed by atoms with Gasteiger partial charge in [-0.1, -0.05) is 24.3 Å². The molecule has 0 aliphatic carbocycles. The third-order valence-corrected chi connectivity index (χ3v) is 5.56. The van der Waals surface area contributed by atoms with Crippen LogP contribution in [-0.2, 0) is 19.1 Å². The molecule has 1 aliphatic rings. The van der Waals surface area contributed by atoms with Crippen LogP contribution < -0.4 is 15.8 Å². The van der Waals surface area contributed by atoms with Crippen molar-refractivity contribution in [3.63, 3.8) is 0 Å². The number of carbonyl (C=O) groups excluding carboxylic acids is 2. The lowest BCUT2D eigenvalue weighted by atomic mass is 9.83. The van der Waals surface area contributed by atoms with Gasteiger partial charge in [-0.05, 0) is 62.6 Å². The zero-order valence-corrected chi connectivity index (χ0v) is 19.6. The van der Waals surface area contributed by atoms with E-state index < -0.39 is 11.9 Å². The number of benzene rings is 2. The van der Waals surface area contributed by atoms with Gasteiger partial charge in [0.2, 0.25) is 5.88 Å². The molecule has 1 heterocycles. The minimum atomic E-state index is -0.737. The molecule has 0 spiro atoms. The summed E-state index contributed by atoms with van der Waals surface area (Å²) < 4.78 is 16.2. The largest absolute Gasteiger partial charge is 0.484 e. The van der Waals surface area contributed by atoms with Gasteiger partial charge in [0.25, 0.3) is 5.91 Å². The summed E-state index contributed by atoms with van der Waals surface area (Å²) in [6.45, 7) is 7.23. The van der Waals surface area contributed by atoms with Gasteiger partial charge in [0, 0.05) is 5.69 Å². The molecule has 0 bridgehead atoms. The van der Waals surface area contributed by atoms with Crippen molar-refractivity contribution in [2.75, 3.05) is 18.5 Å². The highest BCUT2D eigenvalue weighted by atomic mass is 16.5. The lowest BCUT2D eigenvalue weighted by Gasteiger charge is -2.26. The summed E-state index contributed by atoms with van der Waals surface area (Å²) in [6.07, 6.45) is 0. The summed E-state index contributed by atoms with van der Waals surface area (Å²) >= 11 is 0. The third-order valence-electron chi connectivity index (χ3n) is 5.56. The van der Waals surface area contributed by atoms with Crippen LogP contribution in [0.5, 0.6) is 5.75 Å². The maximum Gasteiger partial charge on any atom is 0.338 e. The van der Waals surface area contributed by atoms with Gasteiger partial charge in [-0.3, -0.25) is 4.79 Å². The molecule has 0 saturated carbocycles. The lowest BCUT2D eigenvalue weighted by molar-refractivity contribution is -0.139. The van der Waals surface area contributed by atoms with E-state index in [0.29, 0.717) is 11.3 Å². The number of ether oxygens (including phenoxy) is 3. The summed E-state index contributed by atoms with van der Waals surface area (Å²) in [5.41, 5.74) is 9.71. The Balaban J connectivity index is 1.76. The number of hydrogen-bond acceptors (Lipinski definition) is 7. The molecular formula is C26H27N3O5. The van der Waals surface area contributed by atoms with Gasteiger partial charge in [-0.15, -0.1) is 0 Å². The van der Waals surface area contributed by atoms with Gasteiger partial charge in [0.05, 0.1) is 18.1 Å². The molecule has 2 aromatic rings. The number of aryl methyl sites for hydroxylation is 1. The van der Waals surface area contributed by atoms with Crippen LogP contribution in [-0.4, -0.2) is 25.1 Å². The molecular weight excluding hydrogens is 434 g/mol. The van der Waals surface area contributed by atoms with Crippen LogP contribution in [0.4, 0.5) is 5.69 Å². The summed E-state index contributed by atoms with van der Waals surface area (Å²) in [5, 5.41) is 12.5. The molecule has 2 aromatic carbocycles. The summed E-state index contributed by atoms with van der Waals surface area (Å²) in [6, 6.07) is 14.5. The third kappa shape index (κ3) is 5.21. The van der Waals surface area contributed by atoms with E-state index in [2.05, 4.69) is 5.32 Å². The molecule has 1 atom stereocenters. The number of anilines is 1. The highest BCUT2D eigenvalue weighted by molar-refractivity contribution is 5.93. The second kappa shape index (κ2) is 10.6. The van der Waals surface area contributed by atoms with Crippen molar-refractivity contribution in [1.29, 1.82) is 5.26 Å². The average molecular weight is 462 g/mol. The monoisotopic (exact) mass is 461 g/mol. The summed E-state index contributed by atoms with van der Waals surface area (Å²) in [4.78, 5) is 24.9. The van der Waals surface area contributed by atoms with Crippen molar-refractivity contribution in [3.8, 4) is 11.8 Å². The number of allylic oxidation sites excluding steroid dienone is 2. The van der Waals surface area contributed by atoms with E-state index in [-0.39, 0.29) is 41.9 Å². The molecule has 8 heteroatoms. The fourth-order valence-electron chi connectivity index (χ4n) is 3.67. The minimum absolute atomic E-state index is 0.0542. The van der Waals surface area contributed by atoms with Gasteiger partial charge in [-0.2, -0.15) is 5.26 Å². The zero-order chi connectivity index (χ0) is 24.8. The molecule has 8 nitrogen and oxygen atoms in total. The Hall–Kier alpha value is -4.25. The van der Waals surface area contributed by atoms with Crippen molar-refractivity contribution in [2.45, 2.75) is 33.6 Å². The van der Waals surface area contributed by atoms with Crippen LogP contribution in [0.2, 0.25) is 0 Å². The number of nitrogens with one attached hydrogen (secondary N) is 1. The van der Waals surface area contributed by atoms with Gasteiger partial charge >= 0.3 is 5.97 Å². The predicted molar refractivity (Wildman–Crippen MR) is 126 cm³/mol. The average Bonchev–Trinajstić information content (AvgIpc) is 2.80. The maximum absolute atomic E-state index is 12.6. The van der Waals surface area contributed by atoms with E-state index in [1.807, 2.05) is 38.1 Å². The van der Waals surface area contributed by atoms with Crippen molar-refractivity contribution in [3.05, 3.63) is 81.9 Å². The first-order chi connectivity index (χ1) is 16.3. The van der Waals surface area contributed by atoms with E-state index >= 15 is 0 Å². The maximum atomic E-state index is 12.6. The molecule has 0 fully saturated rings. The Labute approximate surface area is 198 Å². The number of carbonyl (C=O) groups is 2. The van der Waals surface area contributed by atoms with Crippen LogP contribution in [0.1, 0.15) is 36.5 Å². The molecule has 34 heavy (non-hydrogen) atoms. The van der Waals surface area contributed by atoms with E-state index in [0.717, 1.165) is 16.8 Å². The second-order valence-electron chi connectivity index (χ2n) is 7.77. The number of amides is 1. The number of hydrogen-bond donors (Lipinski definition) is 2. The topological polar surface area (TPSA) is 124 Å². The lowest BCUT2D eigenvalue weighted by Crippen LogP contribution is -2.25. The molecule has 1 aliphatic heterocycles. The fourth-order valence-corrected chi connectivity index (χ4v) is 3.67. The number of esters is 1. The molecule has 0 radical (unpaired) electrons. The smallest absolute Gasteiger partial charge is 0.338 e. The molecule has 3 rings (SSSR count). The molecule has 3 N–H and O–H groups in total. The standard InChI is InChI=1S/C26H27N3O5/c1-5-32-26(31)23-17(4)34-25(28)20(13-27)24(23)18-9-11-19(12-10-18)33-14-22(30)29-21-8-6-7-15(2)16(21)3/h6-12,24H,5,14,28H2,1-4H3,(H,29,30). The van der Waals surface area contributed by atoms with E-state index in [4.69, 9.17) is 19.9 Å². The molecule has 176 valence electrons. The quantitative estimate of drug-likeness (QED) is 0.598. The van der Waals surface area contributed by atoms with E-state index in [9.17, 15) is 14.9 Å². The van der Waals surface area contributed by atoms with Crippen LogP contribution in [0.3, 0.4) is 0 Å². The SMILES string of the molecule is CCOC(=O)C1=C(C)OC(N)=C(C#N)C1c1ccc(OCC(=O)Nc2cccc(C)c2C)cc1. The number of nitrogens with zero attached hydrogens (tertiary/aromatic N) is 1. The van der Waals surface area contributed by atoms with Gasteiger partial charge < -0.3 is 25.3 Å². The van der Waals surface area contributed by atoms with Crippen LogP contribution in [0.25, 0.3) is 0 Å². The van der Waals surface area contributed by atoms with Crippen LogP contribution >= 0.6 is 0 Å². The van der Waals surface area contributed by atoms with E-state index in [1.165, 1.54) is 0 Å². The van der Waals surface area contributed by atoms with Crippen LogP contribution in [0, 0.1) is 25.2 Å². The summed E-state index contributed by atoms with van der Waals surface area (Å²) in [5.74, 6) is -0.911. The predicted octanol–water partition coefficient (Wildman–Crippen LogP) is 3.97. The molecule has 0 saturated heterocycles. The molecule has 1 amide bonds. The van der Waals surface area contributed by atoms with Gasteiger partial charge in [0.1, 0.15) is 23.2 Å². The number of nitriles is 1. The normalized spacial score (nSPS) is 15.3. The van der Waals surface area contributed by atoms with Crippen molar-refractivity contribution in [1.82, 2.24) is 0 Å². The van der Waals surface area contributed by atoms with Crippen molar-refractivity contribution in [2.24, 2.45) is 5.73 Å². The Morgan fingerprint density at radius 1 is 1.15 bits per heavy atom. The van der Waals surface area contributed by atoms with Crippen LogP contribution in [0.15, 0.2) is 65.3 Å². The highest BCUT2D eigenvalue weighted by Crippen LogP contribution is 2.40. The molecule has 0 aromatic heterocycles. The molecule has 1 unspecified atom stereocenters. The van der Waals surface area contributed by atoms with Crippen molar-refractivity contribution >= 4 is 17.6 Å². The first-order valence-electron chi connectivity index (χ1n) is 10.8. The Bertz CT molecular complexity index is 1210.